The molecule has 1 aromatic heterocycles. The Morgan fingerprint density at radius 1 is 1.45 bits per heavy atom. The van der Waals surface area contributed by atoms with E-state index < -0.39 is 0 Å². The van der Waals surface area contributed by atoms with Gasteiger partial charge in [-0.15, -0.1) is 0 Å². The number of rotatable bonds is 5. The molecule has 1 atom stereocenters. The van der Waals surface area contributed by atoms with Gasteiger partial charge in [-0.25, -0.2) is 5.43 Å². The Bertz CT molecular complexity index is 427. The highest BCUT2D eigenvalue weighted by Crippen LogP contribution is 2.41. The van der Waals surface area contributed by atoms with Crippen molar-refractivity contribution < 1.29 is 4.74 Å². The monoisotopic (exact) mass is 300 g/mol. The van der Waals surface area contributed by atoms with Gasteiger partial charge in [-0.2, -0.15) is 5.10 Å². The first kappa shape index (κ1) is 15.8. The fourth-order valence-corrected chi connectivity index (χ4v) is 3.58. The van der Waals surface area contributed by atoms with Crippen molar-refractivity contribution in [1.29, 1.82) is 0 Å². The molecule has 0 saturated heterocycles. The van der Waals surface area contributed by atoms with Crippen molar-refractivity contribution in [2.45, 2.75) is 63.6 Å². The zero-order valence-electron chi connectivity index (χ0n) is 12.4. The minimum absolute atomic E-state index is 0.138. The Kier molecular flexibility index (Phi) is 5.43. The number of nitrogens with zero attached hydrogens (tertiary/aromatic N) is 2. The number of methoxy groups -OCH3 is 1. The number of nitrogens with one attached hydrogen (secondary N) is 1. The van der Waals surface area contributed by atoms with Crippen LogP contribution in [0.15, 0.2) is 6.20 Å². The Labute approximate surface area is 125 Å². The standard InChI is InChI=1S/C14H25ClN4O/c1-3-19-12(11(15)10-17-19)13(18-16)14(20-2)8-6-4-5-7-9-14/h10,13,18H,3-9,16H2,1-2H3. The lowest BCUT2D eigenvalue weighted by atomic mass is 9.84. The Balaban J connectivity index is 2.40. The Morgan fingerprint density at radius 3 is 2.60 bits per heavy atom. The summed E-state index contributed by atoms with van der Waals surface area (Å²) in [6.45, 7) is 2.81. The molecule has 0 aliphatic heterocycles. The van der Waals surface area contributed by atoms with Crippen LogP contribution in [-0.4, -0.2) is 22.5 Å². The van der Waals surface area contributed by atoms with E-state index in [4.69, 9.17) is 22.2 Å². The van der Waals surface area contributed by atoms with Crippen LogP contribution >= 0.6 is 11.6 Å². The number of aryl methyl sites for hydroxylation is 1. The SMILES string of the molecule is CCn1ncc(Cl)c1C(NN)C1(OC)CCCCCC1. The lowest BCUT2D eigenvalue weighted by Crippen LogP contribution is -2.48. The summed E-state index contributed by atoms with van der Waals surface area (Å²) >= 11 is 6.34. The van der Waals surface area contributed by atoms with Crippen LogP contribution in [0.3, 0.4) is 0 Å². The van der Waals surface area contributed by atoms with Crippen LogP contribution in [0.4, 0.5) is 0 Å². The van der Waals surface area contributed by atoms with E-state index in [-0.39, 0.29) is 11.6 Å². The number of nitrogens with two attached hydrogens (primary N) is 1. The van der Waals surface area contributed by atoms with Gasteiger partial charge in [0.1, 0.15) is 0 Å². The van der Waals surface area contributed by atoms with E-state index in [1.54, 1.807) is 13.3 Å². The van der Waals surface area contributed by atoms with Crippen molar-refractivity contribution in [3.8, 4) is 0 Å². The van der Waals surface area contributed by atoms with Crippen molar-refractivity contribution in [3.05, 3.63) is 16.9 Å². The van der Waals surface area contributed by atoms with E-state index in [0.717, 1.165) is 37.9 Å². The van der Waals surface area contributed by atoms with Crippen molar-refractivity contribution >= 4 is 11.6 Å². The van der Waals surface area contributed by atoms with Gasteiger partial charge in [0.05, 0.1) is 28.6 Å². The first-order valence-electron chi connectivity index (χ1n) is 7.41. The minimum atomic E-state index is -0.304. The maximum Gasteiger partial charge on any atom is 0.0933 e. The topological polar surface area (TPSA) is 65.1 Å². The predicted molar refractivity (Wildman–Crippen MR) is 80.4 cm³/mol. The van der Waals surface area contributed by atoms with Crippen LogP contribution in [0.1, 0.15) is 57.2 Å². The molecule has 0 spiro atoms. The molecule has 6 heteroatoms. The van der Waals surface area contributed by atoms with Gasteiger partial charge in [0.2, 0.25) is 0 Å². The third-order valence-corrected chi connectivity index (χ3v) is 4.75. The molecule has 20 heavy (non-hydrogen) atoms. The molecular formula is C14H25ClN4O. The van der Waals surface area contributed by atoms with E-state index in [9.17, 15) is 0 Å². The smallest absolute Gasteiger partial charge is 0.0933 e. The van der Waals surface area contributed by atoms with Crippen LogP contribution in [0.2, 0.25) is 5.02 Å². The quantitative estimate of drug-likeness (QED) is 0.498. The highest BCUT2D eigenvalue weighted by atomic mass is 35.5. The molecule has 0 radical (unpaired) electrons. The number of hydrogen-bond donors (Lipinski definition) is 2. The molecule has 114 valence electrons. The molecular weight excluding hydrogens is 276 g/mol. The molecule has 3 N–H and O–H groups in total. The second kappa shape index (κ2) is 6.89. The summed E-state index contributed by atoms with van der Waals surface area (Å²) in [6.07, 6.45) is 8.48. The van der Waals surface area contributed by atoms with E-state index in [1.165, 1.54) is 12.8 Å². The fraction of sp³-hybridized carbons (Fsp3) is 0.786. The average molecular weight is 301 g/mol. The predicted octanol–water partition coefficient (Wildman–Crippen LogP) is 2.80. The van der Waals surface area contributed by atoms with Crippen molar-refractivity contribution in [2.24, 2.45) is 5.84 Å². The van der Waals surface area contributed by atoms with Gasteiger partial charge in [0.15, 0.2) is 0 Å². The van der Waals surface area contributed by atoms with Gasteiger partial charge in [0.25, 0.3) is 0 Å². The summed E-state index contributed by atoms with van der Waals surface area (Å²) in [6, 6.07) is -0.138. The normalized spacial score (nSPS) is 20.6. The van der Waals surface area contributed by atoms with Crippen LogP contribution < -0.4 is 11.3 Å². The number of ether oxygens (including phenoxy) is 1. The second-order valence-electron chi connectivity index (χ2n) is 5.48. The lowest BCUT2D eigenvalue weighted by Gasteiger charge is -2.39. The second-order valence-corrected chi connectivity index (χ2v) is 5.88. The van der Waals surface area contributed by atoms with E-state index in [2.05, 4.69) is 10.5 Å². The molecule has 1 heterocycles. The summed E-state index contributed by atoms with van der Waals surface area (Å²) in [5, 5.41) is 4.97. The molecule has 0 bridgehead atoms. The van der Waals surface area contributed by atoms with Crippen LogP contribution in [-0.2, 0) is 11.3 Å². The van der Waals surface area contributed by atoms with E-state index in [1.807, 2.05) is 11.6 Å². The summed E-state index contributed by atoms with van der Waals surface area (Å²) in [4.78, 5) is 0. The number of halogens is 1. The molecule has 1 unspecified atom stereocenters. The Hall–Kier alpha value is -0.620. The molecule has 1 aliphatic rings. The highest BCUT2D eigenvalue weighted by molar-refractivity contribution is 6.31. The molecule has 1 aromatic rings. The van der Waals surface area contributed by atoms with Crippen molar-refractivity contribution in [3.63, 3.8) is 0 Å². The van der Waals surface area contributed by atoms with Gasteiger partial charge in [-0.1, -0.05) is 37.3 Å². The molecule has 2 rings (SSSR count). The van der Waals surface area contributed by atoms with Crippen LogP contribution in [0.5, 0.6) is 0 Å². The molecule has 1 fully saturated rings. The first-order valence-corrected chi connectivity index (χ1v) is 7.78. The lowest BCUT2D eigenvalue weighted by molar-refractivity contribution is -0.0561. The molecule has 1 saturated carbocycles. The van der Waals surface area contributed by atoms with Crippen LogP contribution in [0, 0.1) is 0 Å². The number of aromatic nitrogens is 2. The summed E-state index contributed by atoms with van der Waals surface area (Å²) < 4.78 is 7.85. The van der Waals surface area contributed by atoms with Gasteiger partial charge in [-0.05, 0) is 19.8 Å². The maximum absolute atomic E-state index is 6.34. The highest BCUT2D eigenvalue weighted by Gasteiger charge is 2.42. The van der Waals surface area contributed by atoms with Gasteiger partial charge in [0, 0.05) is 13.7 Å². The van der Waals surface area contributed by atoms with E-state index in [0.29, 0.717) is 5.02 Å². The zero-order valence-corrected chi connectivity index (χ0v) is 13.1. The van der Waals surface area contributed by atoms with Crippen molar-refractivity contribution in [2.75, 3.05) is 7.11 Å². The maximum atomic E-state index is 6.34. The fourth-order valence-electron chi connectivity index (χ4n) is 3.33. The number of hydrazine groups is 1. The summed E-state index contributed by atoms with van der Waals surface area (Å²) in [7, 11) is 1.77. The first-order chi connectivity index (χ1) is 9.68. The zero-order chi connectivity index (χ0) is 14.6. The Morgan fingerprint density at radius 2 is 2.10 bits per heavy atom. The summed E-state index contributed by atoms with van der Waals surface area (Å²) in [5.41, 5.74) is 3.57. The van der Waals surface area contributed by atoms with E-state index >= 15 is 0 Å². The molecule has 1 aliphatic carbocycles. The number of hydrogen-bond acceptors (Lipinski definition) is 4. The van der Waals surface area contributed by atoms with Gasteiger partial charge in [-0.3, -0.25) is 10.5 Å². The molecule has 5 nitrogen and oxygen atoms in total. The third-order valence-electron chi connectivity index (χ3n) is 4.46. The van der Waals surface area contributed by atoms with Gasteiger partial charge >= 0.3 is 0 Å². The average Bonchev–Trinajstić information content (AvgIpc) is 2.69. The minimum Gasteiger partial charge on any atom is -0.376 e. The van der Waals surface area contributed by atoms with Gasteiger partial charge < -0.3 is 4.74 Å². The summed E-state index contributed by atoms with van der Waals surface area (Å²) in [5.74, 6) is 5.87. The largest absolute Gasteiger partial charge is 0.376 e. The third kappa shape index (κ3) is 2.86. The molecule has 0 amide bonds. The molecule has 0 aromatic carbocycles. The van der Waals surface area contributed by atoms with Crippen molar-refractivity contribution in [1.82, 2.24) is 15.2 Å². The van der Waals surface area contributed by atoms with Crippen LogP contribution in [0.25, 0.3) is 0 Å².